The van der Waals surface area contributed by atoms with Gasteiger partial charge in [0, 0.05) is 25.2 Å². The quantitative estimate of drug-likeness (QED) is 0.443. The van der Waals surface area contributed by atoms with Gasteiger partial charge in [-0.3, -0.25) is 0 Å². The molecule has 0 fully saturated rings. The van der Waals surface area contributed by atoms with Gasteiger partial charge in [0.25, 0.3) is 0 Å². The van der Waals surface area contributed by atoms with Crippen molar-refractivity contribution in [2.75, 3.05) is 19.6 Å². The predicted octanol–water partition coefficient (Wildman–Crippen LogP) is 3.60. The molecule has 168 valence electrons. The van der Waals surface area contributed by atoms with Gasteiger partial charge in [0.15, 0.2) is 0 Å². The molecule has 30 heavy (non-hydrogen) atoms. The van der Waals surface area contributed by atoms with Crippen LogP contribution in [-0.4, -0.2) is 37.9 Å². The summed E-state index contributed by atoms with van der Waals surface area (Å²) in [6.45, 7) is 7.34. The van der Waals surface area contributed by atoms with Crippen LogP contribution in [0.2, 0.25) is 0 Å². The van der Waals surface area contributed by atoms with Crippen molar-refractivity contribution in [2.24, 2.45) is 0 Å². The molecule has 0 aromatic heterocycles. The number of nitrogens with one attached hydrogen (secondary N) is 3. The summed E-state index contributed by atoms with van der Waals surface area (Å²) in [6, 6.07) is 5.32. The number of hydrogen-bond acceptors (Lipinski definition) is 6. The number of benzene rings is 1. The van der Waals surface area contributed by atoms with Gasteiger partial charge in [0.05, 0.1) is 0 Å². The first kappa shape index (κ1) is 25.1. The van der Waals surface area contributed by atoms with Crippen LogP contribution in [0.25, 0.3) is 0 Å². The normalized spacial score (nSPS) is 10.1. The molecule has 0 saturated carbocycles. The zero-order chi connectivity index (χ0) is 22.2. The number of ether oxygens (including phenoxy) is 3. The van der Waals surface area contributed by atoms with Crippen molar-refractivity contribution in [3.8, 4) is 0 Å². The van der Waals surface area contributed by atoms with Gasteiger partial charge >= 0.3 is 18.3 Å². The molecule has 1 aromatic carbocycles. The molecule has 0 aliphatic heterocycles. The second-order valence-electron chi connectivity index (χ2n) is 6.56. The highest BCUT2D eigenvalue weighted by Crippen LogP contribution is 2.19. The Kier molecular flexibility index (Phi) is 12.5. The van der Waals surface area contributed by atoms with Crippen molar-refractivity contribution in [1.29, 1.82) is 0 Å². The van der Waals surface area contributed by atoms with Crippen LogP contribution in [0.4, 0.5) is 14.4 Å². The Morgan fingerprint density at radius 2 is 1.03 bits per heavy atom. The van der Waals surface area contributed by atoms with Gasteiger partial charge in [-0.1, -0.05) is 39.0 Å². The van der Waals surface area contributed by atoms with Crippen molar-refractivity contribution >= 4 is 18.3 Å². The summed E-state index contributed by atoms with van der Waals surface area (Å²) >= 11 is 0. The lowest BCUT2D eigenvalue weighted by molar-refractivity contribution is 0.127. The lowest BCUT2D eigenvalue weighted by atomic mass is 10.0. The maximum Gasteiger partial charge on any atom is 0.407 e. The Balaban J connectivity index is 2.86. The first-order valence-electron chi connectivity index (χ1n) is 10.3. The van der Waals surface area contributed by atoms with Crippen LogP contribution >= 0.6 is 0 Å². The lowest BCUT2D eigenvalue weighted by Crippen LogP contribution is -2.26. The van der Waals surface area contributed by atoms with E-state index in [1.807, 2.05) is 20.8 Å². The maximum absolute atomic E-state index is 11.8. The van der Waals surface area contributed by atoms with Crippen LogP contribution in [0.5, 0.6) is 0 Å². The van der Waals surface area contributed by atoms with Gasteiger partial charge in [-0.05, 0) is 30.4 Å². The largest absolute Gasteiger partial charge is 0.445 e. The van der Waals surface area contributed by atoms with E-state index in [1.165, 1.54) is 0 Å². The van der Waals surface area contributed by atoms with E-state index in [1.54, 1.807) is 18.2 Å². The number of rotatable bonds is 12. The Morgan fingerprint density at radius 3 is 1.40 bits per heavy atom. The van der Waals surface area contributed by atoms with E-state index in [0.717, 1.165) is 19.3 Å². The molecule has 0 aliphatic carbocycles. The van der Waals surface area contributed by atoms with Crippen LogP contribution in [-0.2, 0) is 34.0 Å². The fourth-order valence-corrected chi connectivity index (χ4v) is 2.40. The van der Waals surface area contributed by atoms with Crippen LogP contribution in [0.15, 0.2) is 18.2 Å². The smallest absolute Gasteiger partial charge is 0.407 e. The van der Waals surface area contributed by atoms with Crippen molar-refractivity contribution < 1.29 is 28.6 Å². The minimum Gasteiger partial charge on any atom is -0.445 e. The van der Waals surface area contributed by atoms with Crippen molar-refractivity contribution in [3.05, 3.63) is 34.9 Å². The van der Waals surface area contributed by atoms with Crippen LogP contribution in [0.3, 0.4) is 0 Å². The molecule has 0 spiro atoms. The average Bonchev–Trinajstić information content (AvgIpc) is 2.75. The van der Waals surface area contributed by atoms with Crippen molar-refractivity contribution in [1.82, 2.24) is 16.0 Å². The molecule has 0 aliphatic rings. The molecule has 3 N–H and O–H groups in total. The molecule has 0 radical (unpaired) electrons. The lowest BCUT2D eigenvalue weighted by Gasteiger charge is -2.16. The summed E-state index contributed by atoms with van der Waals surface area (Å²) in [5.74, 6) is 0. The highest BCUT2D eigenvalue weighted by Gasteiger charge is 2.14. The van der Waals surface area contributed by atoms with Crippen LogP contribution in [0, 0.1) is 0 Å². The number of hydrogen-bond donors (Lipinski definition) is 3. The molecule has 0 unspecified atom stereocenters. The summed E-state index contributed by atoms with van der Waals surface area (Å²) in [5.41, 5.74) is 1.97. The Hall–Kier alpha value is -2.97. The first-order chi connectivity index (χ1) is 14.5. The standard InChI is InChI=1S/C21H33N3O6/c1-4-10-22-19(25)28-13-16-8-7-9-17(14-29-20(26)23-11-5-2)18(16)15-30-21(27)24-12-6-3/h7-9H,4-6,10-15H2,1-3H3,(H,22,25)(H,23,26)(H,24,27). The second-order valence-corrected chi connectivity index (χ2v) is 6.56. The zero-order valence-corrected chi connectivity index (χ0v) is 18.0. The Morgan fingerprint density at radius 1 is 0.667 bits per heavy atom. The zero-order valence-electron chi connectivity index (χ0n) is 18.0. The molecular formula is C21H33N3O6. The van der Waals surface area contributed by atoms with Crippen LogP contribution < -0.4 is 16.0 Å². The highest BCUT2D eigenvalue weighted by atomic mass is 16.6. The third kappa shape index (κ3) is 9.99. The van der Waals surface area contributed by atoms with E-state index >= 15 is 0 Å². The number of carbonyl (C=O) groups excluding carboxylic acids is 3. The fourth-order valence-electron chi connectivity index (χ4n) is 2.40. The van der Waals surface area contributed by atoms with Gasteiger partial charge in [0.2, 0.25) is 0 Å². The molecule has 9 heteroatoms. The summed E-state index contributed by atoms with van der Waals surface area (Å²) in [6.07, 6.45) is 0.802. The van der Waals surface area contributed by atoms with Gasteiger partial charge < -0.3 is 30.2 Å². The minimum atomic E-state index is -0.541. The minimum absolute atomic E-state index is 0.000686. The van der Waals surface area contributed by atoms with Crippen molar-refractivity contribution in [3.63, 3.8) is 0 Å². The van der Waals surface area contributed by atoms with E-state index in [2.05, 4.69) is 16.0 Å². The topological polar surface area (TPSA) is 115 Å². The Labute approximate surface area is 177 Å². The van der Waals surface area contributed by atoms with E-state index in [4.69, 9.17) is 14.2 Å². The molecule has 1 rings (SSSR count). The molecule has 1 aromatic rings. The summed E-state index contributed by atoms with van der Waals surface area (Å²) in [4.78, 5) is 35.4. The molecule has 0 bridgehead atoms. The monoisotopic (exact) mass is 423 g/mol. The summed E-state index contributed by atoms with van der Waals surface area (Å²) in [5, 5.41) is 7.91. The van der Waals surface area contributed by atoms with Gasteiger partial charge in [0.1, 0.15) is 19.8 Å². The van der Waals surface area contributed by atoms with Crippen LogP contribution in [0.1, 0.15) is 56.7 Å². The highest BCUT2D eigenvalue weighted by molar-refractivity contribution is 5.68. The molecular weight excluding hydrogens is 390 g/mol. The molecule has 3 amide bonds. The summed E-state index contributed by atoms with van der Waals surface area (Å²) < 4.78 is 15.8. The molecule has 0 saturated heterocycles. The molecule has 0 atom stereocenters. The second kappa shape index (κ2) is 14.9. The number of alkyl carbamates (subject to hydrolysis) is 3. The van der Waals surface area contributed by atoms with E-state index in [9.17, 15) is 14.4 Å². The molecule has 9 nitrogen and oxygen atoms in total. The van der Waals surface area contributed by atoms with E-state index < -0.39 is 18.3 Å². The maximum atomic E-state index is 11.8. The van der Waals surface area contributed by atoms with Gasteiger partial charge in [-0.15, -0.1) is 0 Å². The predicted molar refractivity (Wildman–Crippen MR) is 112 cm³/mol. The van der Waals surface area contributed by atoms with E-state index in [0.29, 0.717) is 36.3 Å². The van der Waals surface area contributed by atoms with Crippen molar-refractivity contribution in [2.45, 2.75) is 59.9 Å². The average molecular weight is 424 g/mol. The fraction of sp³-hybridized carbons (Fsp3) is 0.571. The van der Waals surface area contributed by atoms with E-state index in [-0.39, 0.29) is 19.8 Å². The molecule has 0 heterocycles. The Bertz CT molecular complexity index is 638. The first-order valence-corrected chi connectivity index (χ1v) is 10.3. The van der Waals surface area contributed by atoms with Gasteiger partial charge in [-0.25, -0.2) is 14.4 Å². The number of amides is 3. The third-order valence-corrected chi connectivity index (χ3v) is 3.99. The van der Waals surface area contributed by atoms with Gasteiger partial charge in [-0.2, -0.15) is 0 Å². The third-order valence-electron chi connectivity index (χ3n) is 3.99. The number of carbonyl (C=O) groups is 3. The summed E-state index contributed by atoms with van der Waals surface area (Å²) in [7, 11) is 0. The SMILES string of the molecule is CCCNC(=O)OCc1cccc(COC(=O)NCCC)c1COC(=O)NCCC.